The number of carbonyl (C=O) groups excluding carboxylic acids is 1. The lowest BCUT2D eigenvalue weighted by atomic mass is 9.68. The highest BCUT2D eigenvalue weighted by molar-refractivity contribution is 5.85. The van der Waals surface area contributed by atoms with Gasteiger partial charge in [-0.15, -0.1) is 0 Å². The first-order chi connectivity index (χ1) is 16.5. The Labute approximate surface area is 203 Å². The molecule has 2 nitrogen and oxygen atoms in total. The summed E-state index contributed by atoms with van der Waals surface area (Å²) in [6.07, 6.45) is 17.9. The molecule has 2 saturated carbocycles. The van der Waals surface area contributed by atoms with Gasteiger partial charge in [0.2, 0.25) is 0 Å². The van der Waals surface area contributed by atoms with Crippen molar-refractivity contribution in [3.63, 3.8) is 0 Å². The fourth-order valence-electron chi connectivity index (χ4n) is 6.29. The Hall–Kier alpha value is -1.97. The zero-order valence-corrected chi connectivity index (χ0v) is 20.7. The molecule has 2 aliphatic carbocycles. The first-order valence-electron chi connectivity index (χ1n) is 13.6. The van der Waals surface area contributed by atoms with E-state index in [1.807, 2.05) is 0 Å². The lowest BCUT2D eigenvalue weighted by Crippen LogP contribution is -2.30. The van der Waals surface area contributed by atoms with Gasteiger partial charge in [0, 0.05) is 0 Å². The van der Waals surface area contributed by atoms with Crippen molar-refractivity contribution in [1.82, 2.24) is 0 Å². The summed E-state index contributed by atoms with van der Waals surface area (Å²) in [4.78, 5) is 12.8. The number of unbranched alkanes of at least 4 members (excludes halogenated alkanes) is 4. The van der Waals surface area contributed by atoms with Crippen LogP contribution in [0.15, 0.2) is 30.3 Å². The summed E-state index contributed by atoms with van der Waals surface area (Å²) in [7, 11) is 0. The molecule has 4 heteroatoms. The van der Waals surface area contributed by atoms with Crippen LogP contribution in [0.5, 0.6) is 5.75 Å². The van der Waals surface area contributed by atoms with Gasteiger partial charge in [0.05, 0.1) is 5.92 Å². The van der Waals surface area contributed by atoms with Crippen molar-refractivity contribution in [3.8, 4) is 5.75 Å². The average molecular weight is 471 g/mol. The van der Waals surface area contributed by atoms with Crippen LogP contribution in [0.2, 0.25) is 0 Å². The molecule has 0 unspecified atom stereocenters. The van der Waals surface area contributed by atoms with Crippen molar-refractivity contribution in [2.45, 2.75) is 96.8 Å². The van der Waals surface area contributed by atoms with Gasteiger partial charge in [-0.3, -0.25) is 4.79 Å². The Kier molecular flexibility index (Phi) is 8.97. The first-order valence-corrected chi connectivity index (χ1v) is 13.6. The minimum absolute atomic E-state index is 0.0589. The lowest BCUT2D eigenvalue weighted by Gasteiger charge is -2.37. The van der Waals surface area contributed by atoms with Gasteiger partial charge in [0.15, 0.2) is 11.6 Å². The SMILES string of the molecule is CCCCCCCC1CCC(C2CCC(C(=O)Oc3ccc4cc(F)c(F)cc4c3)CC2)CC1. The van der Waals surface area contributed by atoms with Gasteiger partial charge in [-0.2, -0.15) is 0 Å². The molecular weight excluding hydrogens is 430 g/mol. The molecule has 2 aliphatic rings. The summed E-state index contributed by atoms with van der Waals surface area (Å²) >= 11 is 0. The molecule has 186 valence electrons. The maximum atomic E-state index is 13.6. The molecule has 0 radical (unpaired) electrons. The van der Waals surface area contributed by atoms with Gasteiger partial charge in [-0.1, -0.05) is 64.4 Å². The van der Waals surface area contributed by atoms with Crippen LogP contribution in [0.3, 0.4) is 0 Å². The Balaban J connectivity index is 1.19. The van der Waals surface area contributed by atoms with E-state index < -0.39 is 11.6 Å². The summed E-state index contributed by atoms with van der Waals surface area (Å²) in [5.74, 6) is 0.927. The van der Waals surface area contributed by atoms with E-state index in [0.29, 0.717) is 16.5 Å². The molecule has 0 bridgehead atoms. The highest BCUT2D eigenvalue weighted by Gasteiger charge is 2.33. The third-order valence-corrected chi connectivity index (χ3v) is 8.45. The number of hydrogen-bond donors (Lipinski definition) is 0. The third-order valence-electron chi connectivity index (χ3n) is 8.45. The number of rotatable bonds is 9. The topological polar surface area (TPSA) is 26.3 Å². The molecule has 0 saturated heterocycles. The first kappa shape index (κ1) is 25.1. The monoisotopic (exact) mass is 470 g/mol. The molecule has 4 rings (SSSR count). The van der Waals surface area contributed by atoms with Crippen molar-refractivity contribution in [3.05, 3.63) is 42.0 Å². The van der Waals surface area contributed by atoms with E-state index in [9.17, 15) is 13.6 Å². The largest absolute Gasteiger partial charge is 0.426 e. The van der Waals surface area contributed by atoms with E-state index in [1.165, 1.54) is 70.3 Å². The van der Waals surface area contributed by atoms with E-state index in [2.05, 4.69) is 6.92 Å². The zero-order chi connectivity index (χ0) is 23.9. The van der Waals surface area contributed by atoms with Gasteiger partial charge in [-0.25, -0.2) is 8.78 Å². The van der Waals surface area contributed by atoms with Gasteiger partial charge < -0.3 is 4.74 Å². The second-order valence-corrected chi connectivity index (χ2v) is 10.8. The summed E-state index contributed by atoms with van der Waals surface area (Å²) < 4.78 is 32.6. The van der Waals surface area contributed by atoms with Crippen LogP contribution in [0.25, 0.3) is 10.8 Å². The summed E-state index contributed by atoms with van der Waals surface area (Å²) in [5.41, 5.74) is 0. The van der Waals surface area contributed by atoms with Crippen LogP contribution in [0, 0.1) is 35.3 Å². The van der Waals surface area contributed by atoms with E-state index in [4.69, 9.17) is 4.74 Å². The van der Waals surface area contributed by atoms with Crippen LogP contribution in [-0.4, -0.2) is 5.97 Å². The van der Waals surface area contributed by atoms with E-state index >= 15 is 0 Å². The molecule has 0 atom stereocenters. The summed E-state index contributed by atoms with van der Waals surface area (Å²) in [5, 5.41) is 1.12. The average Bonchev–Trinajstić information content (AvgIpc) is 2.85. The second kappa shape index (κ2) is 12.1. The number of carbonyl (C=O) groups is 1. The molecule has 0 spiro atoms. The van der Waals surface area contributed by atoms with Crippen LogP contribution >= 0.6 is 0 Å². The summed E-state index contributed by atoms with van der Waals surface area (Å²) in [6.45, 7) is 2.27. The number of esters is 1. The Morgan fingerprint density at radius 3 is 2.09 bits per heavy atom. The molecule has 0 aliphatic heterocycles. The van der Waals surface area contributed by atoms with E-state index in [0.717, 1.165) is 49.5 Å². The van der Waals surface area contributed by atoms with Crippen molar-refractivity contribution in [2.75, 3.05) is 0 Å². The molecule has 2 fully saturated rings. The molecule has 0 heterocycles. The molecule has 2 aromatic rings. The van der Waals surface area contributed by atoms with E-state index in [1.54, 1.807) is 18.2 Å². The third kappa shape index (κ3) is 6.58. The number of hydrogen-bond acceptors (Lipinski definition) is 2. The number of fused-ring (bicyclic) bond motifs is 1. The molecule has 0 aromatic heterocycles. The molecule has 0 N–H and O–H groups in total. The fourth-order valence-corrected chi connectivity index (χ4v) is 6.29. The predicted octanol–water partition coefficient (Wildman–Crippen LogP) is 9.00. The van der Waals surface area contributed by atoms with Crippen LogP contribution < -0.4 is 4.74 Å². The number of ether oxygens (including phenoxy) is 1. The molecule has 34 heavy (non-hydrogen) atoms. The standard InChI is InChI=1S/C30H40F2O2/c1-2-3-4-5-6-7-21-8-10-22(11-9-21)23-12-14-24(15-13-23)30(33)34-27-17-16-25-19-28(31)29(32)20-26(25)18-27/h16-24H,2-15H2,1H3. The second-order valence-electron chi connectivity index (χ2n) is 10.8. The van der Waals surface area contributed by atoms with Crippen LogP contribution in [0.1, 0.15) is 96.8 Å². The number of halogens is 2. The van der Waals surface area contributed by atoms with E-state index in [-0.39, 0.29) is 11.9 Å². The van der Waals surface area contributed by atoms with Crippen molar-refractivity contribution >= 4 is 16.7 Å². The predicted molar refractivity (Wildman–Crippen MR) is 134 cm³/mol. The smallest absolute Gasteiger partial charge is 0.314 e. The van der Waals surface area contributed by atoms with Gasteiger partial charge in [0.1, 0.15) is 5.75 Å². The zero-order valence-electron chi connectivity index (χ0n) is 20.7. The minimum Gasteiger partial charge on any atom is -0.426 e. The highest BCUT2D eigenvalue weighted by Crippen LogP contribution is 2.42. The van der Waals surface area contributed by atoms with Gasteiger partial charge >= 0.3 is 5.97 Å². The van der Waals surface area contributed by atoms with Crippen molar-refractivity contribution in [2.24, 2.45) is 23.7 Å². The maximum Gasteiger partial charge on any atom is 0.314 e. The number of benzene rings is 2. The van der Waals surface area contributed by atoms with Crippen molar-refractivity contribution in [1.29, 1.82) is 0 Å². The molecular formula is C30H40F2O2. The normalized spacial score (nSPS) is 25.4. The Morgan fingerprint density at radius 1 is 0.794 bits per heavy atom. The van der Waals surface area contributed by atoms with Crippen LogP contribution in [0.4, 0.5) is 8.78 Å². The van der Waals surface area contributed by atoms with Gasteiger partial charge in [-0.05, 0) is 91.3 Å². The van der Waals surface area contributed by atoms with Crippen molar-refractivity contribution < 1.29 is 18.3 Å². The van der Waals surface area contributed by atoms with Gasteiger partial charge in [0.25, 0.3) is 0 Å². The highest BCUT2D eigenvalue weighted by atomic mass is 19.2. The molecule has 2 aromatic carbocycles. The minimum atomic E-state index is -0.893. The Bertz CT molecular complexity index is 940. The van der Waals surface area contributed by atoms with Crippen LogP contribution in [-0.2, 0) is 4.79 Å². The summed E-state index contributed by atoms with van der Waals surface area (Å²) in [6, 6.07) is 7.25. The Morgan fingerprint density at radius 2 is 1.41 bits per heavy atom. The fraction of sp³-hybridized carbons (Fsp3) is 0.633. The molecule has 0 amide bonds. The quantitative estimate of drug-likeness (QED) is 0.208. The maximum absolute atomic E-state index is 13.6. The lowest BCUT2D eigenvalue weighted by molar-refractivity contribution is -0.140.